The van der Waals surface area contributed by atoms with Crippen molar-refractivity contribution >= 4 is 28.5 Å². The lowest BCUT2D eigenvalue weighted by atomic mass is 10.0. The van der Waals surface area contributed by atoms with Crippen molar-refractivity contribution in [3.05, 3.63) is 84.2 Å². The lowest BCUT2D eigenvalue weighted by molar-refractivity contribution is -0.134. The molecule has 0 spiro atoms. The number of carbonyl (C=O) groups excluding carboxylic acids is 2. The van der Waals surface area contributed by atoms with Crippen LogP contribution in [-0.2, 0) is 11.3 Å². The Morgan fingerprint density at radius 2 is 1.93 bits per heavy atom. The van der Waals surface area contributed by atoms with Gasteiger partial charge in [-0.05, 0) is 42.8 Å². The summed E-state index contributed by atoms with van der Waals surface area (Å²) in [6.07, 6.45) is 0.209. The number of nitrogens with one attached hydrogen (secondary N) is 1. The summed E-state index contributed by atoms with van der Waals surface area (Å²) >= 11 is 0. The molecule has 6 rings (SSSR count). The molecule has 220 valence electrons. The number of likely N-dealkylation sites (tertiary alicyclic amines) is 1. The molecule has 1 saturated heterocycles. The first-order chi connectivity index (χ1) is 20.7. The van der Waals surface area contributed by atoms with Crippen molar-refractivity contribution in [2.45, 2.75) is 38.3 Å². The van der Waals surface area contributed by atoms with Crippen molar-refractivity contribution < 1.29 is 23.5 Å². The van der Waals surface area contributed by atoms with Gasteiger partial charge < -0.3 is 21.1 Å². The standard InChI is InChI=1S/C29H27F2N9O3/c1-16-10-25(40(36-16)23-5-3-2-4-21(23)31)35-29(43)24-12-19(30)14-38(24)26(41)15-39-22-7-6-17(18-8-9-33-34-13-18)11-20(22)27(37-39)28(32)42/h2-11,13,19,24,29,35,43H,12,14-15H2,1H3,(H2,32,42). The largest absolute Gasteiger partial charge is 0.372 e. The van der Waals surface area contributed by atoms with Crippen LogP contribution in [0.4, 0.5) is 14.6 Å². The molecule has 1 fully saturated rings. The van der Waals surface area contributed by atoms with Crippen molar-refractivity contribution in [1.82, 2.24) is 34.7 Å². The second-order valence-electron chi connectivity index (χ2n) is 10.3. The van der Waals surface area contributed by atoms with E-state index in [4.69, 9.17) is 5.73 Å². The smallest absolute Gasteiger partial charge is 0.269 e. The Labute approximate surface area is 243 Å². The number of aliphatic hydroxyl groups is 1. The Morgan fingerprint density at radius 3 is 2.67 bits per heavy atom. The summed E-state index contributed by atoms with van der Waals surface area (Å²) in [6, 6.07) is 13.7. The van der Waals surface area contributed by atoms with Crippen LogP contribution in [0.25, 0.3) is 27.7 Å². The predicted octanol–water partition coefficient (Wildman–Crippen LogP) is 2.59. The number of nitrogens with zero attached hydrogens (tertiary/aromatic N) is 7. The molecule has 3 unspecified atom stereocenters. The Bertz CT molecular complexity index is 1820. The van der Waals surface area contributed by atoms with Gasteiger partial charge in [0.2, 0.25) is 5.91 Å². The van der Waals surface area contributed by atoms with E-state index in [1.807, 2.05) is 0 Å². The van der Waals surface area contributed by atoms with Crippen LogP contribution >= 0.6 is 0 Å². The topological polar surface area (TPSA) is 157 Å². The van der Waals surface area contributed by atoms with Gasteiger partial charge in [-0.3, -0.25) is 14.3 Å². The number of amides is 2. The zero-order valence-electron chi connectivity index (χ0n) is 22.9. The molecule has 4 heterocycles. The minimum Gasteiger partial charge on any atom is -0.372 e. The van der Waals surface area contributed by atoms with E-state index in [1.54, 1.807) is 61.8 Å². The van der Waals surface area contributed by atoms with Crippen LogP contribution in [0.3, 0.4) is 0 Å². The first-order valence-electron chi connectivity index (χ1n) is 13.5. The number of anilines is 1. The highest BCUT2D eigenvalue weighted by Crippen LogP contribution is 2.29. The molecule has 3 aromatic heterocycles. The molecule has 2 amide bonds. The molecule has 5 aromatic rings. The summed E-state index contributed by atoms with van der Waals surface area (Å²) < 4.78 is 31.8. The number of halogens is 2. The van der Waals surface area contributed by atoms with E-state index in [1.165, 1.54) is 26.4 Å². The van der Waals surface area contributed by atoms with Gasteiger partial charge in [0.05, 0.1) is 36.2 Å². The number of aromatic nitrogens is 6. The highest BCUT2D eigenvalue weighted by Gasteiger charge is 2.40. The van der Waals surface area contributed by atoms with Gasteiger partial charge in [-0.2, -0.15) is 20.4 Å². The van der Waals surface area contributed by atoms with E-state index >= 15 is 0 Å². The Hall–Kier alpha value is -5.24. The predicted molar refractivity (Wildman–Crippen MR) is 152 cm³/mol. The fourth-order valence-electron chi connectivity index (χ4n) is 5.40. The van der Waals surface area contributed by atoms with Crippen LogP contribution in [0.2, 0.25) is 0 Å². The van der Waals surface area contributed by atoms with Crippen LogP contribution in [0.5, 0.6) is 0 Å². The number of alkyl halides is 1. The summed E-state index contributed by atoms with van der Waals surface area (Å²) in [5.41, 5.74) is 8.28. The number of carbonyl (C=O) groups is 2. The van der Waals surface area contributed by atoms with Gasteiger partial charge in [0.15, 0.2) is 5.69 Å². The van der Waals surface area contributed by atoms with Gasteiger partial charge in [0.1, 0.15) is 36.3 Å². The minimum absolute atomic E-state index is 0.0218. The zero-order chi connectivity index (χ0) is 30.2. The zero-order valence-corrected chi connectivity index (χ0v) is 22.9. The van der Waals surface area contributed by atoms with E-state index in [9.17, 15) is 23.5 Å². The van der Waals surface area contributed by atoms with Gasteiger partial charge >= 0.3 is 0 Å². The number of benzene rings is 2. The van der Waals surface area contributed by atoms with Crippen molar-refractivity contribution in [1.29, 1.82) is 0 Å². The number of fused-ring (bicyclic) bond motifs is 1. The number of aliphatic hydroxyl groups excluding tert-OH is 1. The molecule has 2 aromatic carbocycles. The summed E-state index contributed by atoms with van der Waals surface area (Å²) in [6.45, 7) is 1.14. The van der Waals surface area contributed by atoms with Crippen LogP contribution in [0, 0.1) is 12.7 Å². The highest BCUT2D eigenvalue weighted by molar-refractivity contribution is 6.05. The second-order valence-corrected chi connectivity index (χ2v) is 10.3. The number of aryl methyl sites for hydroxylation is 1. The van der Waals surface area contributed by atoms with Gasteiger partial charge in [0.25, 0.3) is 5.91 Å². The molecule has 0 bridgehead atoms. The quantitative estimate of drug-likeness (QED) is 0.234. The molecule has 1 aliphatic heterocycles. The molecule has 0 aliphatic carbocycles. The highest BCUT2D eigenvalue weighted by atomic mass is 19.1. The number of nitrogens with two attached hydrogens (primary N) is 1. The minimum atomic E-state index is -1.40. The van der Waals surface area contributed by atoms with Gasteiger partial charge in [-0.25, -0.2) is 13.5 Å². The molecule has 12 nitrogen and oxygen atoms in total. The summed E-state index contributed by atoms with van der Waals surface area (Å²) in [5, 5.41) is 30.7. The summed E-state index contributed by atoms with van der Waals surface area (Å²) in [7, 11) is 0. The number of hydrogen-bond acceptors (Lipinski definition) is 8. The molecular weight excluding hydrogens is 560 g/mol. The summed E-state index contributed by atoms with van der Waals surface area (Å²) in [5.74, 6) is -1.54. The van der Waals surface area contributed by atoms with E-state index in [0.717, 1.165) is 11.1 Å². The average molecular weight is 588 g/mol. The first-order valence-corrected chi connectivity index (χ1v) is 13.5. The summed E-state index contributed by atoms with van der Waals surface area (Å²) in [4.78, 5) is 27.0. The van der Waals surface area contributed by atoms with E-state index in [0.29, 0.717) is 16.6 Å². The van der Waals surface area contributed by atoms with Crippen molar-refractivity contribution in [3.8, 4) is 16.8 Å². The molecular formula is C29H27F2N9O3. The number of primary amides is 1. The van der Waals surface area contributed by atoms with Crippen molar-refractivity contribution in [2.24, 2.45) is 5.73 Å². The molecule has 1 aliphatic rings. The molecule has 43 heavy (non-hydrogen) atoms. The molecule has 0 radical (unpaired) electrons. The number of rotatable bonds is 8. The van der Waals surface area contributed by atoms with Crippen LogP contribution in [0.15, 0.2) is 67.0 Å². The maximum atomic E-state index is 14.7. The lowest BCUT2D eigenvalue weighted by Gasteiger charge is -2.29. The molecule has 4 N–H and O–H groups in total. The Kier molecular flexibility index (Phi) is 7.27. The van der Waals surface area contributed by atoms with Crippen LogP contribution < -0.4 is 11.1 Å². The third kappa shape index (κ3) is 5.39. The second kappa shape index (κ2) is 11.2. The van der Waals surface area contributed by atoms with Crippen molar-refractivity contribution in [2.75, 3.05) is 11.9 Å². The van der Waals surface area contributed by atoms with Crippen molar-refractivity contribution in [3.63, 3.8) is 0 Å². The van der Waals surface area contributed by atoms with Crippen LogP contribution in [-0.4, -0.2) is 76.6 Å². The van der Waals surface area contributed by atoms with E-state index < -0.39 is 36.1 Å². The number of hydrogen-bond donors (Lipinski definition) is 3. The SMILES string of the molecule is Cc1cc(NC(O)C2CC(F)CN2C(=O)Cn2nc(C(N)=O)c3cc(-c4ccnnc4)ccc32)n(-c2ccccc2F)n1. The normalized spacial score (nSPS) is 17.3. The van der Waals surface area contributed by atoms with Crippen LogP contribution in [0.1, 0.15) is 22.6 Å². The van der Waals surface area contributed by atoms with Gasteiger partial charge in [-0.1, -0.05) is 18.2 Å². The van der Waals surface area contributed by atoms with Gasteiger partial charge in [-0.15, -0.1) is 0 Å². The molecule has 14 heteroatoms. The lowest BCUT2D eigenvalue weighted by Crippen LogP contribution is -2.47. The average Bonchev–Trinajstić information content (AvgIpc) is 3.68. The fraction of sp³-hybridized carbons (Fsp3) is 0.241. The maximum absolute atomic E-state index is 14.7. The monoisotopic (exact) mass is 587 g/mol. The fourth-order valence-corrected chi connectivity index (χ4v) is 5.40. The van der Waals surface area contributed by atoms with E-state index in [2.05, 4.69) is 25.7 Å². The first kappa shape index (κ1) is 27.9. The van der Waals surface area contributed by atoms with E-state index in [-0.39, 0.29) is 36.7 Å². The van der Waals surface area contributed by atoms with Gasteiger partial charge in [0, 0.05) is 23.4 Å². The third-order valence-electron chi connectivity index (χ3n) is 7.37. The Balaban J connectivity index is 1.25. The Morgan fingerprint density at radius 1 is 1.12 bits per heavy atom. The molecule has 0 saturated carbocycles. The maximum Gasteiger partial charge on any atom is 0.269 e. The molecule has 3 atom stereocenters. The third-order valence-corrected chi connectivity index (χ3v) is 7.37. The number of para-hydroxylation sites is 1.